The van der Waals surface area contributed by atoms with Gasteiger partial charge in [-0.15, -0.1) is 0 Å². The van der Waals surface area contributed by atoms with Crippen molar-refractivity contribution < 1.29 is 0 Å². The quantitative estimate of drug-likeness (QED) is 0.778. The molecule has 0 aromatic carbocycles. The van der Waals surface area contributed by atoms with E-state index >= 15 is 0 Å². The molecule has 1 N–H and O–H groups in total. The van der Waals surface area contributed by atoms with Crippen molar-refractivity contribution in [3.63, 3.8) is 0 Å². The third kappa shape index (κ3) is 1.41. The van der Waals surface area contributed by atoms with Gasteiger partial charge in [0.05, 0.1) is 5.69 Å². The highest BCUT2D eigenvalue weighted by Gasteiger charge is 2.10. The van der Waals surface area contributed by atoms with Crippen molar-refractivity contribution in [3.05, 3.63) is 17.6 Å². The van der Waals surface area contributed by atoms with Crippen LogP contribution < -0.4 is 0 Å². The summed E-state index contributed by atoms with van der Waals surface area (Å²) in [4.78, 5) is 4.28. The third-order valence-electron chi connectivity index (χ3n) is 2.03. The average molecular weight is 191 g/mol. The smallest absolute Gasteiger partial charge is 0.199 e. The molecule has 0 bridgehead atoms. The Hall–Kier alpha value is -1.65. The summed E-state index contributed by atoms with van der Waals surface area (Å²) < 4.78 is 1.90. The first-order valence-electron chi connectivity index (χ1n) is 4.64. The van der Waals surface area contributed by atoms with Crippen LogP contribution in [0.3, 0.4) is 0 Å². The maximum atomic E-state index is 4.34. The summed E-state index contributed by atoms with van der Waals surface area (Å²) >= 11 is 0. The molecule has 0 amide bonds. The van der Waals surface area contributed by atoms with Crippen molar-refractivity contribution in [2.24, 2.45) is 0 Å². The zero-order valence-corrected chi connectivity index (χ0v) is 8.57. The van der Waals surface area contributed by atoms with Crippen LogP contribution in [0.2, 0.25) is 0 Å². The maximum absolute atomic E-state index is 4.34. The molecule has 14 heavy (non-hydrogen) atoms. The SMILES string of the molecule is CCn1nc(C)cc1-c1n[nH]c(C)n1. The summed E-state index contributed by atoms with van der Waals surface area (Å²) in [5.74, 6) is 1.53. The minimum Gasteiger partial charge on any atom is -0.263 e. The monoisotopic (exact) mass is 191 g/mol. The summed E-state index contributed by atoms with van der Waals surface area (Å²) in [6.07, 6.45) is 0. The van der Waals surface area contributed by atoms with Crippen LogP contribution in [0.25, 0.3) is 11.5 Å². The van der Waals surface area contributed by atoms with E-state index in [-0.39, 0.29) is 0 Å². The molecule has 2 aromatic rings. The number of hydrogen-bond acceptors (Lipinski definition) is 3. The van der Waals surface area contributed by atoms with Gasteiger partial charge in [-0.1, -0.05) is 0 Å². The Balaban J connectivity index is 2.49. The minimum atomic E-state index is 0.713. The van der Waals surface area contributed by atoms with Gasteiger partial charge in [0, 0.05) is 6.54 Å². The Morgan fingerprint density at radius 3 is 2.79 bits per heavy atom. The van der Waals surface area contributed by atoms with Crippen LogP contribution in [0.4, 0.5) is 0 Å². The van der Waals surface area contributed by atoms with Crippen molar-refractivity contribution in [1.29, 1.82) is 0 Å². The molecule has 2 aromatic heterocycles. The van der Waals surface area contributed by atoms with Crippen LogP contribution in [0, 0.1) is 13.8 Å². The Morgan fingerprint density at radius 1 is 1.43 bits per heavy atom. The second-order valence-corrected chi connectivity index (χ2v) is 3.23. The van der Waals surface area contributed by atoms with Crippen molar-refractivity contribution in [1.82, 2.24) is 25.0 Å². The molecule has 0 unspecified atom stereocenters. The van der Waals surface area contributed by atoms with Crippen LogP contribution in [0.5, 0.6) is 0 Å². The highest BCUT2D eigenvalue weighted by atomic mass is 15.3. The highest BCUT2D eigenvalue weighted by molar-refractivity contribution is 5.49. The van der Waals surface area contributed by atoms with Gasteiger partial charge in [-0.2, -0.15) is 10.2 Å². The Kier molecular flexibility index (Phi) is 2.07. The largest absolute Gasteiger partial charge is 0.263 e. The van der Waals surface area contributed by atoms with E-state index in [2.05, 4.69) is 27.2 Å². The number of hydrogen-bond donors (Lipinski definition) is 1. The number of H-pyrrole nitrogens is 1. The van der Waals surface area contributed by atoms with E-state index < -0.39 is 0 Å². The molecule has 0 saturated heterocycles. The van der Waals surface area contributed by atoms with Crippen LogP contribution in [-0.4, -0.2) is 25.0 Å². The summed E-state index contributed by atoms with van der Waals surface area (Å²) in [5.41, 5.74) is 1.96. The zero-order valence-electron chi connectivity index (χ0n) is 8.57. The molecule has 0 spiro atoms. The molecular weight excluding hydrogens is 178 g/mol. The van der Waals surface area contributed by atoms with Gasteiger partial charge >= 0.3 is 0 Å². The molecule has 0 aliphatic carbocycles. The number of rotatable bonds is 2. The van der Waals surface area contributed by atoms with Crippen LogP contribution >= 0.6 is 0 Å². The maximum Gasteiger partial charge on any atom is 0.199 e. The summed E-state index contributed by atoms with van der Waals surface area (Å²) in [6, 6.07) is 1.99. The first-order valence-corrected chi connectivity index (χ1v) is 4.64. The van der Waals surface area contributed by atoms with E-state index in [0.29, 0.717) is 5.82 Å². The summed E-state index contributed by atoms with van der Waals surface area (Å²) in [5, 5.41) is 11.3. The van der Waals surface area contributed by atoms with Gasteiger partial charge in [0.1, 0.15) is 11.5 Å². The molecule has 0 atom stereocenters. The molecule has 2 heterocycles. The van der Waals surface area contributed by atoms with Crippen LogP contribution in [-0.2, 0) is 6.54 Å². The van der Waals surface area contributed by atoms with Crippen molar-refractivity contribution in [2.45, 2.75) is 27.3 Å². The Bertz CT molecular complexity index is 440. The van der Waals surface area contributed by atoms with Gasteiger partial charge in [-0.05, 0) is 26.8 Å². The van der Waals surface area contributed by atoms with E-state index in [1.165, 1.54) is 0 Å². The lowest BCUT2D eigenvalue weighted by atomic mass is 10.3. The van der Waals surface area contributed by atoms with Gasteiger partial charge < -0.3 is 0 Å². The molecule has 0 aliphatic heterocycles. The second-order valence-electron chi connectivity index (χ2n) is 3.23. The van der Waals surface area contributed by atoms with E-state index in [0.717, 1.165) is 23.8 Å². The fourth-order valence-corrected chi connectivity index (χ4v) is 1.42. The molecule has 0 fully saturated rings. The Labute approximate surface area is 82.2 Å². The van der Waals surface area contributed by atoms with Gasteiger partial charge in [0.25, 0.3) is 0 Å². The number of aromatic nitrogens is 5. The molecule has 5 heteroatoms. The molecule has 0 radical (unpaired) electrons. The molecule has 2 rings (SSSR count). The van der Waals surface area contributed by atoms with Crippen LogP contribution in [0.15, 0.2) is 6.07 Å². The van der Waals surface area contributed by atoms with Gasteiger partial charge in [-0.25, -0.2) is 4.98 Å². The second kappa shape index (κ2) is 3.25. The topological polar surface area (TPSA) is 59.4 Å². The summed E-state index contributed by atoms with van der Waals surface area (Å²) in [7, 11) is 0. The van der Waals surface area contributed by atoms with Gasteiger partial charge in [0.15, 0.2) is 5.82 Å². The molecule has 5 nitrogen and oxygen atoms in total. The fraction of sp³-hybridized carbons (Fsp3) is 0.444. The fourth-order valence-electron chi connectivity index (χ4n) is 1.42. The van der Waals surface area contributed by atoms with E-state index in [1.54, 1.807) is 0 Å². The van der Waals surface area contributed by atoms with Gasteiger partial charge in [-0.3, -0.25) is 9.78 Å². The van der Waals surface area contributed by atoms with E-state index in [9.17, 15) is 0 Å². The Morgan fingerprint density at radius 2 is 2.21 bits per heavy atom. The molecule has 0 saturated carbocycles. The molecular formula is C9H13N5. The predicted molar refractivity (Wildman–Crippen MR) is 52.8 cm³/mol. The van der Waals surface area contributed by atoms with Crippen molar-refractivity contribution in [3.8, 4) is 11.5 Å². The lowest BCUT2D eigenvalue weighted by molar-refractivity contribution is 0.657. The number of aromatic amines is 1. The van der Waals surface area contributed by atoms with E-state index in [1.807, 2.05) is 24.6 Å². The van der Waals surface area contributed by atoms with E-state index in [4.69, 9.17) is 0 Å². The molecule has 0 aliphatic rings. The summed E-state index contributed by atoms with van der Waals surface area (Å²) in [6.45, 7) is 6.73. The molecule has 74 valence electrons. The normalized spacial score (nSPS) is 10.8. The average Bonchev–Trinajstić information content (AvgIpc) is 2.71. The number of nitrogens with zero attached hydrogens (tertiary/aromatic N) is 4. The highest BCUT2D eigenvalue weighted by Crippen LogP contribution is 2.15. The van der Waals surface area contributed by atoms with Gasteiger partial charge in [0.2, 0.25) is 0 Å². The first kappa shape index (κ1) is 8.93. The number of aryl methyl sites for hydroxylation is 3. The van der Waals surface area contributed by atoms with Crippen molar-refractivity contribution in [2.75, 3.05) is 0 Å². The number of nitrogens with one attached hydrogen (secondary N) is 1. The van der Waals surface area contributed by atoms with Crippen molar-refractivity contribution >= 4 is 0 Å². The zero-order chi connectivity index (χ0) is 10.1. The minimum absolute atomic E-state index is 0.713. The van der Waals surface area contributed by atoms with Crippen LogP contribution in [0.1, 0.15) is 18.4 Å². The predicted octanol–water partition coefficient (Wildman–Crippen LogP) is 1.30. The lowest BCUT2D eigenvalue weighted by Gasteiger charge is -1.98. The standard InChI is InChI=1S/C9H13N5/c1-4-14-8(5-6(2)13-14)9-10-7(3)11-12-9/h5H,4H2,1-3H3,(H,10,11,12). The third-order valence-corrected chi connectivity index (χ3v) is 2.03. The lowest BCUT2D eigenvalue weighted by Crippen LogP contribution is -2.00. The first-order chi connectivity index (χ1) is 6.70.